The smallest absolute Gasteiger partial charge is 0.245 e. The van der Waals surface area contributed by atoms with Crippen molar-refractivity contribution in [3.05, 3.63) is 16.5 Å². The lowest BCUT2D eigenvalue weighted by Crippen LogP contribution is -2.18. The summed E-state index contributed by atoms with van der Waals surface area (Å²) in [7, 11) is 0. The van der Waals surface area contributed by atoms with Crippen LogP contribution in [0.1, 0.15) is 29.7 Å². The molecule has 0 saturated carbocycles. The average molecular weight is 260 g/mol. The number of aromatic nitrogens is 3. The van der Waals surface area contributed by atoms with Crippen molar-refractivity contribution in [1.82, 2.24) is 15.2 Å². The van der Waals surface area contributed by atoms with Crippen molar-refractivity contribution < 1.29 is 0 Å². The van der Waals surface area contributed by atoms with E-state index in [1.807, 2.05) is 11.3 Å². The molecule has 18 heavy (non-hydrogen) atoms. The van der Waals surface area contributed by atoms with Crippen molar-refractivity contribution in [3.63, 3.8) is 0 Å². The Morgan fingerprint density at radius 1 is 1.17 bits per heavy atom. The number of nitrogens with zero attached hydrogens (tertiary/aromatic N) is 3. The van der Waals surface area contributed by atoms with Crippen LogP contribution in [0.25, 0.3) is 10.7 Å². The lowest BCUT2D eigenvalue weighted by molar-refractivity contribution is 0.903. The van der Waals surface area contributed by atoms with Crippen molar-refractivity contribution in [3.8, 4) is 10.7 Å². The summed E-state index contributed by atoms with van der Waals surface area (Å²) < 4.78 is 0. The maximum atomic E-state index is 4.65. The first-order valence-electron chi connectivity index (χ1n) is 6.69. The Kier molecular flexibility index (Phi) is 2.40. The first-order valence-corrected chi connectivity index (χ1v) is 7.51. The first-order chi connectivity index (χ1) is 8.90. The van der Waals surface area contributed by atoms with Gasteiger partial charge in [-0.05, 0) is 43.7 Å². The van der Waals surface area contributed by atoms with Crippen LogP contribution in [0.4, 0.5) is 5.95 Å². The Hall–Kier alpha value is -1.36. The summed E-state index contributed by atoms with van der Waals surface area (Å²) in [6.45, 7) is 2.19. The van der Waals surface area contributed by atoms with E-state index in [0.717, 1.165) is 24.9 Å². The second kappa shape index (κ2) is 4.09. The third-order valence-electron chi connectivity index (χ3n) is 3.84. The van der Waals surface area contributed by atoms with Crippen molar-refractivity contribution in [2.75, 3.05) is 18.0 Å². The minimum atomic E-state index is 0.871. The highest BCUT2D eigenvalue weighted by molar-refractivity contribution is 7.15. The lowest BCUT2D eigenvalue weighted by atomic mass is 10.2. The quantitative estimate of drug-likeness (QED) is 0.902. The van der Waals surface area contributed by atoms with Gasteiger partial charge in [-0.2, -0.15) is 4.98 Å². The Balaban J connectivity index is 1.63. The highest BCUT2D eigenvalue weighted by atomic mass is 32.1. The first kappa shape index (κ1) is 10.6. The second-order valence-corrected chi connectivity index (χ2v) is 6.23. The van der Waals surface area contributed by atoms with E-state index in [2.05, 4.69) is 26.1 Å². The van der Waals surface area contributed by atoms with Crippen LogP contribution in [0.3, 0.4) is 0 Å². The molecule has 1 aliphatic carbocycles. The minimum absolute atomic E-state index is 0.871. The summed E-state index contributed by atoms with van der Waals surface area (Å²) in [6, 6.07) is 2.29. The standard InChI is InChI=1S/C13H16N4S/c1-2-7-17(6-1)13-14-12(15-16-13)11-8-9-4-3-5-10(9)18-11/h8H,1-7H2,(H,14,15,16). The summed E-state index contributed by atoms with van der Waals surface area (Å²) >= 11 is 1.88. The predicted molar refractivity (Wildman–Crippen MR) is 73.2 cm³/mol. The minimum Gasteiger partial charge on any atom is -0.340 e. The number of fused-ring (bicyclic) bond motifs is 1. The number of anilines is 1. The molecule has 94 valence electrons. The van der Waals surface area contributed by atoms with Crippen molar-refractivity contribution >= 4 is 17.3 Å². The molecule has 5 heteroatoms. The van der Waals surface area contributed by atoms with Gasteiger partial charge in [0.2, 0.25) is 5.95 Å². The zero-order chi connectivity index (χ0) is 11.9. The highest BCUT2D eigenvalue weighted by Crippen LogP contribution is 2.35. The number of rotatable bonds is 2. The second-order valence-electron chi connectivity index (χ2n) is 5.09. The maximum absolute atomic E-state index is 4.65. The molecule has 4 rings (SSSR count). The van der Waals surface area contributed by atoms with Gasteiger partial charge in [0.05, 0.1) is 4.88 Å². The molecule has 0 amide bonds. The van der Waals surface area contributed by atoms with Crippen LogP contribution in [-0.2, 0) is 12.8 Å². The summed E-state index contributed by atoms with van der Waals surface area (Å²) in [5.41, 5.74) is 1.52. The van der Waals surface area contributed by atoms with E-state index in [9.17, 15) is 0 Å². The van der Waals surface area contributed by atoms with E-state index in [4.69, 9.17) is 0 Å². The normalized spacial score (nSPS) is 18.6. The molecule has 1 saturated heterocycles. The molecular formula is C13H16N4S. The molecule has 2 aromatic rings. The fourth-order valence-electron chi connectivity index (χ4n) is 2.87. The van der Waals surface area contributed by atoms with E-state index in [-0.39, 0.29) is 0 Å². The van der Waals surface area contributed by atoms with Crippen LogP contribution in [-0.4, -0.2) is 28.3 Å². The molecular weight excluding hydrogens is 244 g/mol. The van der Waals surface area contributed by atoms with Crippen molar-refractivity contribution in [2.24, 2.45) is 0 Å². The number of hydrogen-bond donors (Lipinski definition) is 1. The molecule has 0 unspecified atom stereocenters. The van der Waals surface area contributed by atoms with Crippen LogP contribution < -0.4 is 4.90 Å². The SMILES string of the molecule is c1c(-c2nc(N3CCCC3)n[nH]2)sc2c1CCC2. The molecule has 0 radical (unpaired) electrons. The van der Waals surface area contributed by atoms with E-state index in [1.54, 1.807) is 4.88 Å². The number of aromatic amines is 1. The zero-order valence-electron chi connectivity index (χ0n) is 10.3. The van der Waals surface area contributed by atoms with Gasteiger partial charge in [-0.1, -0.05) is 0 Å². The highest BCUT2D eigenvalue weighted by Gasteiger charge is 2.20. The Morgan fingerprint density at radius 2 is 2.06 bits per heavy atom. The van der Waals surface area contributed by atoms with Crippen LogP contribution in [0.15, 0.2) is 6.07 Å². The van der Waals surface area contributed by atoms with E-state index < -0.39 is 0 Å². The van der Waals surface area contributed by atoms with Crippen LogP contribution in [0.5, 0.6) is 0 Å². The van der Waals surface area contributed by atoms with E-state index in [0.29, 0.717) is 0 Å². The van der Waals surface area contributed by atoms with Gasteiger partial charge < -0.3 is 4.90 Å². The van der Waals surface area contributed by atoms with Crippen LogP contribution in [0.2, 0.25) is 0 Å². The molecule has 3 heterocycles. The number of nitrogens with one attached hydrogen (secondary N) is 1. The Morgan fingerprint density at radius 3 is 2.89 bits per heavy atom. The monoisotopic (exact) mass is 260 g/mol. The molecule has 4 nitrogen and oxygen atoms in total. The number of aryl methyl sites for hydroxylation is 2. The lowest BCUT2D eigenvalue weighted by Gasteiger charge is -2.10. The molecule has 0 spiro atoms. The van der Waals surface area contributed by atoms with Gasteiger partial charge >= 0.3 is 0 Å². The number of H-pyrrole nitrogens is 1. The Bertz CT molecular complexity index is 544. The summed E-state index contributed by atoms with van der Waals surface area (Å²) in [5, 5.41) is 7.45. The zero-order valence-corrected chi connectivity index (χ0v) is 11.1. The molecule has 1 fully saturated rings. The molecule has 1 N–H and O–H groups in total. The molecule has 0 aromatic carbocycles. The average Bonchev–Trinajstić information content (AvgIpc) is 3.13. The van der Waals surface area contributed by atoms with Crippen LogP contribution in [0, 0.1) is 0 Å². The van der Waals surface area contributed by atoms with Crippen molar-refractivity contribution in [1.29, 1.82) is 0 Å². The fourth-order valence-corrected chi connectivity index (χ4v) is 4.06. The third kappa shape index (κ3) is 1.65. The summed E-state index contributed by atoms with van der Waals surface area (Å²) in [4.78, 5) is 9.70. The Labute approximate surface area is 110 Å². The van der Waals surface area contributed by atoms with E-state index >= 15 is 0 Å². The van der Waals surface area contributed by atoms with Gasteiger partial charge in [-0.25, -0.2) is 0 Å². The summed E-state index contributed by atoms with van der Waals surface area (Å²) in [5.74, 6) is 1.81. The number of hydrogen-bond acceptors (Lipinski definition) is 4. The fraction of sp³-hybridized carbons (Fsp3) is 0.538. The number of thiophene rings is 1. The predicted octanol–water partition coefficient (Wildman–Crippen LogP) is 2.62. The maximum Gasteiger partial charge on any atom is 0.245 e. The van der Waals surface area contributed by atoms with Crippen LogP contribution >= 0.6 is 11.3 Å². The molecule has 0 atom stereocenters. The van der Waals surface area contributed by atoms with Crippen molar-refractivity contribution in [2.45, 2.75) is 32.1 Å². The molecule has 2 aliphatic rings. The van der Waals surface area contributed by atoms with Gasteiger partial charge in [0.15, 0.2) is 5.82 Å². The topological polar surface area (TPSA) is 44.8 Å². The van der Waals surface area contributed by atoms with Gasteiger partial charge in [0, 0.05) is 18.0 Å². The molecule has 2 aromatic heterocycles. The third-order valence-corrected chi connectivity index (χ3v) is 5.09. The van der Waals surface area contributed by atoms with E-state index in [1.165, 1.54) is 42.5 Å². The largest absolute Gasteiger partial charge is 0.340 e. The van der Waals surface area contributed by atoms with Gasteiger partial charge in [-0.15, -0.1) is 16.4 Å². The molecule has 1 aliphatic heterocycles. The summed E-state index contributed by atoms with van der Waals surface area (Å²) in [6.07, 6.45) is 6.32. The van der Waals surface area contributed by atoms with Gasteiger partial charge in [0.1, 0.15) is 0 Å². The molecule has 0 bridgehead atoms. The van der Waals surface area contributed by atoms with Gasteiger partial charge in [0.25, 0.3) is 0 Å². The van der Waals surface area contributed by atoms with Gasteiger partial charge in [-0.3, -0.25) is 5.10 Å².